The van der Waals surface area contributed by atoms with Crippen molar-refractivity contribution >= 4 is 16.1 Å². The van der Waals surface area contributed by atoms with Crippen LogP contribution in [0, 0.1) is 0 Å². The fraction of sp³-hybridized carbons (Fsp3) is 1.00. The van der Waals surface area contributed by atoms with Crippen LogP contribution in [0.1, 0.15) is 20.8 Å². The fourth-order valence-electron chi connectivity index (χ4n) is 2.23. The molecule has 0 rings (SSSR count). The van der Waals surface area contributed by atoms with Crippen LogP contribution in [0.15, 0.2) is 0 Å². The lowest BCUT2D eigenvalue weighted by Crippen LogP contribution is -2.63. The summed E-state index contributed by atoms with van der Waals surface area (Å²) in [5.41, 5.74) is 0. The minimum Gasteiger partial charge on any atom is -0.312 e. The Morgan fingerprint density at radius 1 is 1.00 bits per heavy atom. The molecule has 0 aromatic heterocycles. The van der Waals surface area contributed by atoms with Gasteiger partial charge >= 0.3 is 0 Å². The molecule has 3 heteroatoms. The molecule has 0 saturated heterocycles. The first-order valence-electron chi connectivity index (χ1n) is 6.15. The predicted octanol–water partition coefficient (Wildman–Crippen LogP) is 3.96. The Morgan fingerprint density at radius 3 is 1.60 bits per heavy atom. The van der Waals surface area contributed by atoms with Gasteiger partial charge in [-0.2, -0.15) is 0 Å². The van der Waals surface area contributed by atoms with E-state index in [1.807, 2.05) is 0 Å². The maximum atomic E-state index is 3.85. The summed E-state index contributed by atoms with van der Waals surface area (Å²) in [5, 5.41) is 4.24. The van der Waals surface area contributed by atoms with Crippen molar-refractivity contribution in [3.8, 4) is 0 Å². The second kappa shape index (κ2) is 4.72. The van der Waals surface area contributed by atoms with Crippen LogP contribution in [0.4, 0.5) is 0 Å². The molecule has 15 heavy (non-hydrogen) atoms. The van der Waals surface area contributed by atoms with E-state index in [9.17, 15) is 0 Å². The molecule has 0 aliphatic carbocycles. The lowest BCUT2D eigenvalue weighted by molar-refractivity contribution is 0.450. The molecule has 0 radical (unpaired) electrons. The molecule has 1 nitrogen and oxygen atoms in total. The molecule has 0 amide bonds. The van der Waals surface area contributed by atoms with Gasteiger partial charge in [-0.05, 0) is 13.0 Å². The highest BCUT2D eigenvalue weighted by atomic mass is 28.3. The van der Waals surface area contributed by atoms with Crippen LogP contribution in [0.25, 0.3) is 0 Å². The van der Waals surface area contributed by atoms with Crippen LogP contribution in [0.5, 0.6) is 0 Å². The van der Waals surface area contributed by atoms with Gasteiger partial charge in [0.2, 0.25) is 0 Å². The van der Waals surface area contributed by atoms with E-state index in [0.29, 0.717) is 11.2 Å². The zero-order valence-corrected chi connectivity index (χ0v) is 14.3. The number of nitrogens with one attached hydrogen (secondary N) is 1. The van der Waals surface area contributed by atoms with E-state index in [0.717, 1.165) is 0 Å². The Morgan fingerprint density at radius 2 is 1.40 bits per heavy atom. The predicted molar refractivity (Wildman–Crippen MR) is 78.2 cm³/mol. The molecule has 0 heterocycles. The van der Waals surface area contributed by atoms with Gasteiger partial charge in [0.1, 0.15) is 0 Å². The topological polar surface area (TPSA) is 12.0 Å². The lowest BCUT2D eigenvalue weighted by Gasteiger charge is -2.46. The van der Waals surface area contributed by atoms with E-state index < -0.39 is 16.1 Å². The van der Waals surface area contributed by atoms with Gasteiger partial charge in [-0.1, -0.05) is 53.1 Å². The minimum absolute atomic E-state index is 0.394. The van der Waals surface area contributed by atoms with Gasteiger partial charge in [-0.3, -0.25) is 0 Å². The van der Waals surface area contributed by atoms with Crippen LogP contribution in [-0.2, 0) is 0 Å². The second-order valence-corrected chi connectivity index (χ2v) is 18.7. The highest BCUT2D eigenvalue weighted by Gasteiger charge is 2.42. The average Bonchev–Trinajstić information content (AvgIpc) is 1.75. The minimum atomic E-state index is -1.16. The highest BCUT2D eigenvalue weighted by molar-refractivity contribution is 6.83. The first-order chi connectivity index (χ1) is 6.37. The van der Waals surface area contributed by atoms with Crippen molar-refractivity contribution in [2.45, 2.75) is 77.3 Å². The molecule has 0 spiro atoms. The Hall–Kier alpha value is 0.394. The first kappa shape index (κ1) is 15.4. The number of hydrogen-bond donors (Lipinski definition) is 1. The Kier molecular flexibility index (Phi) is 4.84. The highest BCUT2D eigenvalue weighted by Crippen LogP contribution is 2.30. The molecule has 0 bridgehead atoms. The van der Waals surface area contributed by atoms with Crippen molar-refractivity contribution in [2.75, 3.05) is 0 Å². The van der Waals surface area contributed by atoms with Crippen molar-refractivity contribution in [3.63, 3.8) is 0 Å². The molecule has 0 aliphatic heterocycles. The van der Waals surface area contributed by atoms with Gasteiger partial charge < -0.3 is 5.32 Å². The second-order valence-electron chi connectivity index (χ2n) is 7.62. The number of rotatable bonds is 5. The Labute approximate surface area is 99.1 Å². The van der Waals surface area contributed by atoms with Crippen molar-refractivity contribution in [1.82, 2.24) is 5.32 Å². The quantitative estimate of drug-likeness (QED) is 0.723. The van der Waals surface area contributed by atoms with E-state index in [2.05, 4.69) is 65.4 Å². The molecule has 0 aliphatic rings. The fourth-order valence-corrected chi connectivity index (χ4v) is 8.89. The van der Waals surface area contributed by atoms with Crippen LogP contribution >= 0.6 is 0 Å². The summed E-state index contributed by atoms with van der Waals surface area (Å²) in [5.74, 6) is 0. The third kappa shape index (κ3) is 5.32. The molecular formula is C12H31NSi2. The summed E-state index contributed by atoms with van der Waals surface area (Å²) in [7, 11) is -2.16. The molecule has 92 valence electrons. The van der Waals surface area contributed by atoms with Gasteiger partial charge in [0.25, 0.3) is 0 Å². The average molecular weight is 246 g/mol. The van der Waals surface area contributed by atoms with Gasteiger partial charge in [0, 0.05) is 19.3 Å². The third-order valence-corrected chi connectivity index (χ3v) is 8.90. The summed E-state index contributed by atoms with van der Waals surface area (Å²) in [6, 6.07) is 1.99. The van der Waals surface area contributed by atoms with E-state index >= 15 is 0 Å². The third-order valence-electron chi connectivity index (χ3n) is 3.15. The van der Waals surface area contributed by atoms with Crippen LogP contribution in [0.3, 0.4) is 0 Å². The zero-order chi connectivity index (χ0) is 12.5. The van der Waals surface area contributed by atoms with Crippen LogP contribution in [0.2, 0.25) is 45.3 Å². The molecular weight excluding hydrogens is 214 g/mol. The molecule has 0 fully saturated rings. The van der Waals surface area contributed by atoms with Crippen LogP contribution in [-0.4, -0.2) is 27.4 Å². The van der Waals surface area contributed by atoms with E-state index in [-0.39, 0.29) is 0 Å². The van der Waals surface area contributed by atoms with Crippen molar-refractivity contribution in [2.24, 2.45) is 0 Å². The van der Waals surface area contributed by atoms with Crippen molar-refractivity contribution < 1.29 is 0 Å². The molecule has 1 N–H and O–H groups in total. The zero-order valence-electron chi connectivity index (χ0n) is 12.3. The largest absolute Gasteiger partial charge is 0.312 e. The van der Waals surface area contributed by atoms with Crippen LogP contribution < -0.4 is 5.32 Å². The van der Waals surface area contributed by atoms with Crippen molar-refractivity contribution in [1.29, 1.82) is 0 Å². The van der Waals surface area contributed by atoms with Gasteiger partial charge in [-0.25, -0.2) is 0 Å². The van der Waals surface area contributed by atoms with E-state index in [1.54, 1.807) is 0 Å². The van der Waals surface area contributed by atoms with Gasteiger partial charge in [0.05, 0.1) is 8.07 Å². The van der Waals surface area contributed by atoms with Gasteiger partial charge in [-0.15, -0.1) is 0 Å². The number of hydrogen-bond acceptors (Lipinski definition) is 1. The summed E-state index contributed by atoms with van der Waals surface area (Å²) < 4.78 is 0. The summed E-state index contributed by atoms with van der Waals surface area (Å²) in [6.07, 6.45) is 0. The normalized spacial score (nSPS) is 18.0. The molecule has 1 atom stereocenters. The maximum Gasteiger partial charge on any atom is 0.0667 e. The first-order valence-corrected chi connectivity index (χ1v) is 13.4. The SMILES string of the molecule is CC(C)NC(C)(C[Si](C)(C)C)[Si](C)(C)C. The van der Waals surface area contributed by atoms with Gasteiger partial charge in [0.15, 0.2) is 0 Å². The smallest absolute Gasteiger partial charge is 0.0667 e. The summed E-state index contributed by atoms with van der Waals surface area (Å²) in [4.78, 5) is 0. The molecule has 0 aromatic carbocycles. The summed E-state index contributed by atoms with van der Waals surface area (Å²) >= 11 is 0. The maximum absolute atomic E-state index is 3.85. The summed E-state index contributed by atoms with van der Waals surface area (Å²) in [6.45, 7) is 21.9. The Balaban J connectivity index is 4.88. The lowest BCUT2D eigenvalue weighted by atomic mass is 10.3. The molecule has 1 unspecified atom stereocenters. The Bertz CT molecular complexity index is 201. The van der Waals surface area contributed by atoms with Crippen molar-refractivity contribution in [3.05, 3.63) is 0 Å². The standard InChI is InChI=1S/C12H31NSi2/c1-11(2)13-12(3,15(7,8)9)10-14(4,5)6/h11,13H,10H2,1-9H3. The molecule has 0 saturated carbocycles. The van der Waals surface area contributed by atoms with E-state index in [4.69, 9.17) is 0 Å². The van der Waals surface area contributed by atoms with E-state index in [1.165, 1.54) is 6.04 Å². The monoisotopic (exact) mass is 245 g/mol. The molecule has 0 aromatic rings.